The van der Waals surface area contributed by atoms with Crippen LogP contribution in [0.2, 0.25) is 0 Å². The minimum atomic E-state index is -0.713. The summed E-state index contributed by atoms with van der Waals surface area (Å²) in [6, 6.07) is 23.5. The van der Waals surface area contributed by atoms with Crippen LogP contribution in [-0.4, -0.2) is 45.9 Å². The number of nitrogens with two attached hydrogens (primary N) is 1. The smallest absolute Gasteiger partial charge is 0.228 e. The zero-order chi connectivity index (χ0) is 25.4. The van der Waals surface area contributed by atoms with Crippen LogP contribution in [0.4, 0.5) is 26.2 Å². The Labute approximate surface area is 212 Å². The molecule has 37 heavy (non-hydrogen) atoms. The normalized spacial score (nSPS) is 13.9. The van der Waals surface area contributed by atoms with Crippen molar-refractivity contribution in [2.24, 2.45) is 0 Å². The van der Waals surface area contributed by atoms with Crippen molar-refractivity contribution in [3.63, 3.8) is 0 Å². The lowest BCUT2D eigenvalue weighted by atomic mass is 10.1. The third-order valence-electron chi connectivity index (χ3n) is 6.67. The Morgan fingerprint density at radius 2 is 1.46 bits per heavy atom. The molecule has 0 aliphatic carbocycles. The lowest BCUT2D eigenvalue weighted by molar-refractivity contribution is 0.585. The second kappa shape index (κ2) is 9.50. The predicted octanol–water partition coefficient (Wildman–Crippen LogP) is 4.73. The summed E-state index contributed by atoms with van der Waals surface area (Å²) in [4.78, 5) is 13.9. The number of nitrogens with zero attached hydrogens (tertiary/aromatic N) is 6. The maximum Gasteiger partial charge on any atom is 0.228 e. The second-order valence-corrected chi connectivity index (χ2v) is 9.03. The average molecular weight is 498 g/mol. The number of benzene rings is 3. The van der Waals surface area contributed by atoms with Crippen molar-refractivity contribution in [1.82, 2.24) is 19.7 Å². The highest BCUT2D eigenvalue weighted by molar-refractivity contribution is 5.99. The number of halogens is 2. The molecule has 0 bridgehead atoms. The van der Waals surface area contributed by atoms with Gasteiger partial charge in [-0.15, -0.1) is 5.10 Å². The first-order valence-electron chi connectivity index (χ1n) is 12.1. The Balaban J connectivity index is 1.40. The summed E-state index contributed by atoms with van der Waals surface area (Å²) in [6.07, 6.45) is 0. The number of hydrogen-bond donors (Lipinski definition) is 1. The molecular weight excluding hydrogens is 472 g/mol. The van der Waals surface area contributed by atoms with Crippen LogP contribution in [0.25, 0.3) is 22.3 Å². The van der Waals surface area contributed by atoms with Gasteiger partial charge in [-0.1, -0.05) is 48.5 Å². The van der Waals surface area contributed by atoms with Crippen LogP contribution in [0.15, 0.2) is 78.9 Å². The number of piperazine rings is 1. The summed E-state index contributed by atoms with van der Waals surface area (Å²) >= 11 is 0. The zero-order valence-corrected chi connectivity index (χ0v) is 20.1. The van der Waals surface area contributed by atoms with Gasteiger partial charge in [0.25, 0.3) is 0 Å². The van der Waals surface area contributed by atoms with Crippen LogP contribution < -0.4 is 15.5 Å². The van der Waals surface area contributed by atoms with Crippen LogP contribution in [0.5, 0.6) is 0 Å². The van der Waals surface area contributed by atoms with E-state index in [1.54, 1.807) is 4.68 Å². The van der Waals surface area contributed by atoms with Gasteiger partial charge in [0, 0.05) is 43.5 Å². The third-order valence-corrected chi connectivity index (χ3v) is 6.67. The van der Waals surface area contributed by atoms with Crippen molar-refractivity contribution in [1.29, 1.82) is 0 Å². The number of fused-ring (bicyclic) bond motifs is 1. The minimum Gasteiger partial charge on any atom is -0.383 e. The molecule has 6 rings (SSSR count). The Bertz CT molecular complexity index is 1550. The van der Waals surface area contributed by atoms with Crippen molar-refractivity contribution < 1.29 is 8.78 Å². The van der Waals surface area contributed by atoms with Crippen molar-refractivity contribution in [2.75, 3.05) is 41.7 Å². The Morgan fingerprint density at radius 1 is 0.784 bits per heavy atom. The number of rotatable bonds is 5. The molecule has 0 radical (unpaired) electrons. The van der Waals surface area contributed by atoms with Gasteiger partial charge in [-0.2, -0.15) is 4.98 Å². The average Bonchev–Trinajstić information content (AvgIpc) is 3.24. The van der Waals surface area contributed by atoms with Gasteiger partial charge >= 0.3 is 0 Å². The van der Waals surface area contributed by atoms with Crippen LogP contribution in [-0.2, 0) is 6.54 Å². The summed E-state index contributed by atoms with van der Waals surface area (Å²) in [6.45, 7) is 3.38. The Hall–Kier alpha value is -4.53. The van der Waals surface area contributed by atoms with Gasteiger partial charge in [0.1, 0.15) is 17.5 Å². The molecule has 1 aliphatic rings. The largest absolute Gasteiger partial charge is 0.383 e. The van der Waals surface area contributed by atoms with Crippen LogP contribution in [0.3, 0.4) is 0 Å². The molecule has 1 fully saturated rings. The van der Waals surface area contributed by atoms with Crippen molar-refractivity contribution in [3.05, 3.63) is 96.1 Å². The van der Waals surface area contributed by atoms with Gasteiger partial charge in [0.05, 0.1) is 17.6 Å². The van der Waals surface area contributed by atoms with E-state index in [1.807, 2.05) is 48.5 Å². The highest BCUT2D eigenvalue weighted by atomic mass is 19.1. The van der Waals surface area contributed by atoms with Crippen LogP contribution in [0, 0.1) is 11.6 Å². The molecule has 186 valence electrons. The highest BCUT2D eigenvalue weighted by Gasteiger charge is 2.25. The van der Waals surface area contributed by atoms with Crippen LogP contribution >= 0.6 is 0 Å². The van der Waals surface area contributed by atoms with E-state index in [1.165, 1.54) is 17.8 Å². The lowest BCUT2D eigenvalue weighted by Gasteiger charge is -2.36. The molecule has 2 N–H and O–H groups in total. The summed E-state index contributed by atoms with van der Waals surface area (Å²) in [7, 11) is 0. The fourth-order valence-electron chi connectivity index (χ4n) is 4.74. The molecule has 0 unspecified atom stereocenters. The monoisotopic (exact) mass is 497 g/mol. The molecule has 0 spiro atoms. The van der Waals surface area contributed by atoms with Gasteiger partial charge < -0.3 is 15.5 Å². The fourth-order valence-corrected chi connectivity index (χ4v) is 4.74. The first kappa shape index (κ1) is 22.9. The number of aromatic nitrogens is 4. The van der Waals surface area contributed by atoms with E-state index >= 15 is 0 Å². The summed E-state index contributed by atoms with van der Waals surface area (Å²) in [5, 5.41) is 5.12. The molecule has 1 saturated heterocycles. The second-order valence-electron chi connectivity index (χ2n) is 9.03. The molecular formula is C28H25F2N7. The van der Waals surface area contributed by atoms with Gasteiger partial charge in [-0.05, 0) is 29.8 Å². The van der Waals surface area contributed by atoms with E-state index in [0.29, 0.717) is 48.1 Å². The molecule has 3 heterocycles. The molecule has 0 amide bonds. The first-order chi connectivity index (χ1) is 18.1. The van der Waals surface area contributed by atoms with E-state index in [2.05, 4.69) is 27.0 Å². The van der Waals surface area contributed by atoms with Gasteiger partial charge in [-0.25, -0.2) is 18.4 Å². The first-order valence-corrected chi connectivity index (χ1v) is 12.1. The molecule has 0 atom stereocenters. The fraction of sp³-hybridized carbons (Fsp3) is 0.179. The van der Waals surface area contributed by atoms with Crippen molar-refractivity contribution in [2.45, 2.75) is 6.54 Å². The van der Waals surface area contributed by atoms with E-state index in [9.17, 15) is 8.78 Å². The minimum absolute atomic E-state index is 0.156. The Kier molecular flexibility index (Phi) is 5.88. The number of hydrogen-bond acceptors (Lipinski definition) is 6. The number of nitrogen functional groups attached to an aromatic ring is 1. The molecule has 2 aromatic heterocycles. The maximum atomic E-state index is 15.0. The lowest BCUT2D eigenvalue weighted by Crippen LogP contribution is -2.47. The van der Waals surface area contributed by atoms with E-state index in [4.69, 9.17) is 15.7 Å². The maximum absolute atomic E-state index is 15.0. The van der Waals surface area contributed by atoms with E-state index < -0.39 is 11.6 Å². The number of para-hydroxylation sites is 1. The van der Waals surface area contributed by atoms with Gasteiger partial charge in [0.15, 0.2) is 5.65 Å². The van der Waals surface area contributed by atoms with E-state index in [-0.39, 0.29) is 5.56 Å². The molecule has 0 saturated carbocycles. The van der Waals surface area contributed by atoms with Gasteiger partial charge in [-0.3, -0.25) is 0 Å². The van der Waals surface area contributed by atoms with Crippen molar-refractivity contribution in [3.8, 4) is 11.3 Å². The van der Waals surface area contributed by atoms with Crippen molar-refractivity contribution >= 4 is 28.5 Å². The molecule has 3 aromatic carbocycles. The predicted molar refractivity (Wildman–Crippen MR) is 141 cm³/mol. The van der Waals surface area contributed by atoms with E-state index in [0.717, 1.165) is 24.7 Å². The summed E-state index contributed by atoms with van der Waals surface area (Å²) in [5.74, 6) is -0.590. The number of anilines is 3. The highest BCUT2D eigenvalue weighted by Crippen LogP contribution is 2.34. The SMILES string of the molecule is Nc1c2c(-c3ccc(F)cc3F)nc(N3CCN(c4ccccc4)CC3)nc2nn1Cc1ccccc1. The quantitative estimate of drug-likeness (QED) is 0.379. The standard InChI is InChI=1S/C28H25F2N7/c29-20-11-12-22(23(30)17-20)25-24-26(31)37(18-19-7-3-1-4-8-19)34-27(24)33-28(32-25)36-15-13-35(14-16-36)21-9-5-2-6-10-21/h1-12,17H,13-16,18,31H2. The zero-order valence-electron chi connectivity index (χ0n) is 20.1. The summed E-state index contributed by atoms with van der Waals surface area (Å²) in [5.41, 5.74) is 9.54. The Morgan fingerprint density at radius 3 is 2.16 bits per heavy atom. The molecule has 5 aromatic rings. The summed E-state index contributed by atoms with van der Waals surface area (Å²) < 4.78 is 30.3. The van der Waals surface area contributed by atoms with Crippen LogP contribution in [0.1, 0.15) is 5.56 Å². The molecule has 9 heteroatoms. The third kappa shape index (κ3) is 4.44. The van der Waals surface area contributed by atoms with Gasteiger partial charge in [0.2, 0.25) is 5.95 Å². The topological polar surface area (TPSA) is 76.1 Å². The molecule has 1 aliphatic heterocycles. The molecule has 7 nitrogen and oxygen atoms in total.